The molecule has 1 aliphatic carbocycles. The smallest absolute Gasteiger partial charge is 0.349 e. The Hall–Kier alpha value is -3.23. The first-order chi connectivity index (χ1) is 14.2. The molecule has 0 bridgehead atoms. The third kappa shape index (κ3) is 3.05. The van der Waals surface area contributed by atoms with Gasteiger partial charge in [0.15, 0.2) is 0 Å². The number of aromatic hydroxyl groups is 1. The molecule has 0 amide bonds. The Kier molecular flexibility index (Phi) is 4.83. The molecule has 3 aromatic rings. The number of rotatable bonds is 3. The van der Waals surface area contributed by atoms with E-state index in [1.165, 1.54) is 6.92 Å². The number of benzene rings is 2. The van der Waals surface area contributed by atoms with Gasteiger partial charge in [-0.05, 0) is 42.9 Å². The van der Waals surface area contributed by atoms with Crippen LogP contribution in [0.4, 0.5) is 22.0 Å². The second-order valence-corrected chi connectivity index (χ2v) is 7.13. The summed E-state index contributed by atoms with van der Waals surface area (Å²) in [6.45, 7) is 1.45. The zero-order valence-electron chi connectivity index (χ0n) is 15.5. The molecule has 4 rings (SSSR count). The summed E-state index contributed by atoms with van der Waals surface area (Å²) in [6.07, 6.45) is 3.22. The van der Waals surface area contributed by atoms with Crippen molar-refractivity contribution < 1.29 is 36.6 Å². The van der Waals surface area contributed by atoms with Gasteiger partial charge in [-0.25, -0.2) is 22.9 Å². The van der Waals surface area contributed by atoms with Gasteiger partial charge in [0.1, 0.15) is 5.56 Å². The van der Waals surface area contributed by atoms with Crippen molar-refractivity contribution in [3.8, 4) is 11.6 Å². The standard InChI is InChI=1S/C21H14F5NO3/c1-8-11-6-5-10(9-3-2-4-9)7-12(11)27-20(28)13(8)21(29)30-19-17(25)15(23)14(22)16(24)18(19)26/h5-7,9H,2-4H2,1H3,(H,27,28). The van der Waals surface area contributed by atoms with Crippen LogP contribution in [-0.2, 0) is 0 Å². The van der Waals surface area contributed by atoms with E-state index in [1.807, 2.05) is 6.07 Å². The van der Waals surface area contributed by atoms with Crippen LogP contribution in [0.15, 0.2) is 18.2 Å². The summed E-state index contributed by atoms with van der Waals surface area (Å²) in [7, 11) is 0. The monoisotopic (exact) mass is 423 g/mol. The van der Waals surface area contributed by atoms with E-state index >= 15 is 0 Å². The van der Waals surface area contributed by atoms with E-state index in [4.69, 9.17) is 0 Å². The Morgan fingerprint density at radius 1 is 1.03 bits per heavy atom. The lowest BCUT2D eigenvalue weighted by atomic mass is 9.80. The van der Waals surface area contributed by atoms with Crippen molar-refractivity contribution in [2.75, 3.05) is 0 Å². The average molecular weight is 423 g/mol. The van der Waals surface area contributed by atoms with Crippen LogP contribution in [0, 0.1) is 36.0 Å². The number of carbonyl (C=O) groups excluding carboxylic acids is 1. The fraction of sp³-hybridized carbons (Fsp3) is 0.238. The minimum absolute atomic E-state index is 0.187. The number of fused-ring (bicyclic) bond motifs is 1. The molecule has 1 fully saturated rings. The number of pyridine rings is 1. The minimum atomic E-state index is -2.38. The Balaban J connectivity index is 1.75. The van der Waals surface area contributed by atoms with Gasteiger partial charge in [0.05, 0.1) is 5.52 Å². The van der Waals surface area contributed by atoms with Gasteiger partial charge in [0.2, 0.25) is 40.7 Å². The molecule has 0 radical (unpaired) electrons. The molecule has 0 aliphatic heterocycles. The van der Waals surface area contributed by atoms with E-state index < -0.39 is 52.2 Å². The number of carbonyl (C=O) groups is 1. The van der Waals surface area contributed by atoms with Crippen LogP contribution >= 0.6 is 0 Å². The molecule has 1 heterocycles. The van der Waals surface area contributed by atoms with Crippen LogP contribution in [0.1, 0.15) is 46.7 Å². The summed E-state index contributed by atoms with van der Waals surface area (Å²) in [5, 5.41) is 10.7. The van der Waals surface area contributed by atoms with E-state index in [0.717, 1.165) is 24.8 Å². The van der Waals surface area contributed by atoms with Crippen molar-refractivity contribution in [1.82, 2.24) is 4.98 Å². The maximum Gasteiger partial charge on any atom is 0.349 e. The van der Waals surface area contributed by atoms with Crippen LogP contribution in [0.5, 0.6) is 11.6 Å². The highest BCUT2D eigenvalue weighted by molar-refractivity contribution is 6.00. The van der Waals surface area contributed by atoms with Crippen LogP contribution in [0.3, 0.4) is 0 Å². The van der Waals surface area contributed by atoms with Crippen molar-refractivity contribution in [2.24, 2.45) is 0 Å². The molecule has 2 aromatic carbocycles. The maximum absolute atomic E-state index is 13.8. The Morgan fingerprint density at radius 3 is 2.20 bits per heavy atom. The van der Waals surface area contributed by atoms with Crippen molar-refractivity contribution in [3.63, 3.8) is 0 Å². The fourth-order valence-corrected chi connectivity index (χ4v) is 3.49. The lowest BCUT2D eigenvalue weighted by molar-refractivity contribution is 0.0711. The SMILES string of the molecule is Cc1c(C(=O)Oc2c(F)c(F)c(F)c(F)c2F)c(O)nc2cc(C3CCC3)ccc12. The largest absolute Gasteiger partial charge is 0.493 e. The average Bonchev–Trinajstić information content (AvgIpc) is 2.66. The Labute approximate surface area is 166 Å². The lowest BCUT2D eigenvalue weighted by Crippen LogP contribution is -2.16. The quantitative estimate of drug-likeness (QED) is 0.201. The summed E-state index contributed by atoms with van der Waals surface area (Å²) < 4.78 is 71.9. The zero-order chi connectivity index (χ0) is 21.7. The highest BCUT2D eigenvalue weighted by atomic mass is 19.2. The van der Waals surface area contributed by atoms with Gasteiger partial charge in [-0.2, -0.15) is 8.78 Å². The predicted molar refractivity (Wildman–Crippen MR) is 95.9 cm³/mol. The highest BCUT2D eigenvalue weighted by Gasteiger charge is 2.30. The van der Waals surface area contributed by atoms with Crippen LogP contribution < -0.4 is 4.74 Å². The minimum Gasteiger partial charge on any atom is -0.493 e. The number of nitrogens with zero attached hydrogens (tertiary/aromatic N) is 1. The predicted octanol–water partition coefficient (Wildman–Crippen LogP) is 5.43. The normalized spacial score (nSPS) is 14.1. The van der Waals surface area contributed by atoms with Gasteiger partial charge in [-0.1, -0.05) is 18.6 Å². The van der Waals surface area contributed by atoms with Gasteiger partial charge >= 0.3 is 5.97 Å². The molecule has 156 valence electrons. The number of ether oxygens (including phenoxy) is 1. The van der Waals surface area contributed by atoms with Crippen molar-refractivity contribution in [2.45, 2.75) is 32.1 Å². The summed E-state index contributed by atoms with van der Waals surface area (Å²) in [5.41, 5.74) is 1.09. The lowest BCUT2D eigenvalue weighted by Gasteiger charge is -2.26. The molecule has 0 saturated heterocycles. The fourth-order valence-electron chi connectivity index (χ4n) is 3.49. The molecular formula is C21H14F5NO3. The van der Waals surface area contributed by atoms with E-state index in [1.54, 1.807) is 12.1 Å². The van der Waals surface area contributed by atoms with Crippen LogP contribution in [0.25, 0.3) is 10.9 Å². The third-order valence-corrected chi connectivity index (χ3v) is 5.40. The first kappa shape index (κ1) is 20.1. The molecule has 1 aromatic heterocycles. The van der Waals surface area contributed by atoms with Gasteiger partial charge in [0, 0.05) is 5.39 Å². The molecule has 30 heavy (non-hydrogen) atoms. The third-order valence-electron chi connectivity index (χ3n) is 5.40. The van der Waals surface area contributed by atoms with Crippen LogP contribution in [-0.4, -0.2) is 16.1 Å². The second kappa shape index (κ2) is 7.23. The Morgan fingerprint density at radius 2 is 1.63 bits per heavy atom. The molecule has 1 saturated carbocycles. The maximum atomic E-state index is 13.8. The number of halogens is 5. The van der Waals surface area contributed by atoms with Crippen LogP contribution in [0.2, 0.25) is 0 Å². The molecule has 1 aliphatic rings. The molecule has 0 spiro atoms. The molecule has 9 heteroatoms. The summed E-state index contributed by atoms with van der Waals surface area (Å²) in [5.74, 6) is -15.1. The first-order valence-corrected chi connectivity index (χ1v) is 9.07. The zero-order valence-corrected chi connectivity index (χ0v) is 15.5. The molecule has 0 unspecified atom stereocenters. The van der Waals surface area contributed by atoms with E-state index in [0.29, 0.717) is 16.8 Å². The van der Waals surface area contributed by atoms with Gasteiger partial charge in [0.25, 0.3) is 0 Å². The van der Waals surface area contributed by atoms with Crippen molar-refractivity contribution in [1.29, 1.82) is 0 Å². The van der Waals surface area contributed by atoms with E-state index in [9.17, 15) is 31.9 Å². The first-order valence-electron chi connectivity index (χ1n) is 9.07. The second-order valence-electron chi connectivity index (χ2n) is 7.13. The van der Waals surface area contributed by atoms with Gasteiger partial charge in [-0.15, -0.1) is 0 Å². The number of hydrogen-bond donors (Lipinski definition) is 1. The van der Waals surface area contributed by atoms with E-state index in [-0.39, 0.29) is 5.56 Å². The summed E-state index contributed by atoms with van der Waals surface area (Å²) in [6, 6.07) is 5.34. The van der Waals surface area contributed by atoms with Gasteiger partial charge < -0.3 is 9.84 Å². The molecule has 4 nitrogen and oxygen atoms in total. The molecular weight excluding hydrogens is 409 g/mol. The van der Waals surface area contributed by atoms with Crippen molar-refractivity contribution >= 4 is 16.9 Å². The summed E-state index contributed by atoms with van der Waals surface area (Å²) in [4.78, 5) is 16.4. The molecule has 0 atom stereocenters. The van der Waals surface area contributed by atoms with Crippen molar-refractivity contribution in [3.05, 3.63) is 64.0 Å². The summed E-state index contributed by atoms with van der Waals surface area (Å²) >= 11 is 0. The number of aryl methyl sites for hydroxylation is 1. The Bertz CT molecular complexity index is 1180. The van der Waals surface area contributed by atoms with Gasteiger partial charge in [-0.3, -0.25) is 0 Å². The topological polar surface area (TPSA) is 59.4 Å². The molecule has 1 N–H and O–H groups in total. The van der Waals surface area contributed by atoms with E-state index in [2.05, 4.69) is 9.72 Å². The highest BCUT2D eigenvalue weighted by Crippen LogP contribution is 2.38. The number of hydrogen-bond acceptors (Lipinski definition) is 4. The number of aromatic nitrogens is 1. The number of esters is 1.